The van der Waals surface area contributed by atoms with Crippen LogP contribution in [0, 0.1) is 0 Å². The monoisotopic (exact) mass is 446 g/mol. The van der Waals surface area contributed by atoms with Gasteiger partial charge in [-0.25, -0.2) is 0 Å². The summed E-state index contributed by atoms with van der Waals surface area (Å²) in [5.74, 6) is -3.98. The van der Waals surface area contributed by atoms with Crippen LogP contribution in [0.3, 0.4) is 0 Å². The number of alkyl halides is 2. The largest absolute Gasteiger partial charge is 0.397 e. The van der Waals surface area contributed by atoms with Crippen LogP contribution in [-0.4, -0.2) is 35.6 Å². The number of nitrogens with one attached hydrogen (secondary N) is 1. The van der Waals surface area contributed by atoms with E-state index in [1.807, 2.05) is 19.2 Å². The van der Waals surface area contributed by atoms with Crippen LogP contribution in [0.1, 0.15) is 33.0 Å². The van der Waals surface area contributed by atoms with Gasteiger partial charge in [-0.15, -0.1) is 11.8 Å². The van der Waals surface area contributed by atoms with Gasteiger partial charge in [0.05, 0.1) is 16.5 Å². The number of aromatic nitrogens is 1. The van der Waals surface area contributed by atoms with Crippen LogP contribution in [0.15, 0.2) is 70.4 Å². The van der Waals surface area contributed by atoms with Crippen molar-refractivity contribution in [2.45, 2.75) is 43.4 Å². The first-order valence-corrected chi connectivity index (χ1v) is 10.8. The second-order valence-corrected chi connectivity index (χ2v) is 8.96. The number of halogens is 2. The summed E-state index contributed by atoms with van der Waals surface area (Å²) in [5.41, 5.74) is 7.91. The zero-order valence-corrected chi connectivity index (χ0v) is 18.6. The molecule has 3 heterocycles. The number of nitrogens with zero attached hydrogens (tertiary/aromatic N) is 2. The van der Waals surface area contributed by atoms with Gasteiger partial charge in [0.1, 0.15) is 5.71 Å². The number of thioether (sulfide) groups is 1. The van der Waals surface area contributed by atoms with Crippen LogP contribution in [0.5, 0.6) is 0 Å². The Morgan fingerprint density at radius 2 is 2.29 bits per heavy atom. The van der Waals surface area contributed by atoms with Crippen LogP contribution in [0.4, 0.5) is 8.78 Å². The topological polar surface area (TPSA) is 80.4 Å². The van der Waals surface area contributed by atoms with Crippen molar-refractivity contribution >= 4 is 23.4 Å². The molecule has 2 aliphatic heterocycles. The van der Waals surface area contributed by atoms with Gasteiger partial charge in [0.2, 0.25) is 0 Å². The number of allylic oxidation sites excluding steroid dienone is 3. The van der Waals surface area contributed by atoms with Crippen LogP contribution in [0.25, 0.3) is 0 Å². The average Bonchev–Trinajstić information content (AvgIpc) is 2.76. The number of hydrogen-bond acceptors (Lipinski definition) is 5. The summed E-state index contributed by atoms with van der Waals surface area (Å²) in [4.78, 5) is 21.8. The number of pyridine rings is 1. The van der Waals surface area contributed by atoms with E-state index in [9.17, 15) is 13.6 Å². The SMILES string of the molecule is C=CC(F)(F)/C(N)=C/C(=NC)C(=O)NC(C)C1=CC2=CC(c3ccnc(CC)c3)(C2)S1.[HH]. The summed E-state index contributed by atoms with van der Waals surface area (Å²) in [7, 11) is 1.35. The summed E-state index contributed by atoms with van der Waals surface area (Å²) in [5, 5.41) is 2.84. The van der Waals surface area contributed by atoms with Gasteiger partial charge in [-0.05, 0) is 61.3 Å². The van der Waals surface area contributed by atoms with E-state index in [2.05, 4.69) is 47.0 Å². The van der Waals surface area contributed by atoms with Gasteiger partial charge < -0.3 is 11.1 Å². The van der Waals surface area contributed by atoms with E-state index in [1.54, 1.807) is 11.8 Å². The zero-order chi connectivity index (χ0) is 22.8. The Morgan fingerprint density at radius 1 is 1.58 bits per heavy atom. The number of amides is 1. The Labute approximate surface area is 186 Å². The van der Waals surface area contributed by atoms with Crippen molar-refractivity contribution in [2.24, 2.45) is 10.7 Å². The molecule has 8 heteroatoms. The summed E-state index contributed by atoms with van der Waals surface area (Å²) in [6.45, 7) is 6.99. The van der Waals surface area contributed by atoms with E-state index in [0.29, 0.717) is 6.08 Å². The van der Waals surface area contributed by atoms with Crippen molar-refractivity contribution in [3.05, 3.63) is 76.6 Å². The van der Waals surface area contributed by atoms with Crippen molar-refractivity contribution in [2.75, 3.05) is 7.05 Å². The minimum Gasteiger partial charge on any atom is -0.397 e. The normalized spacial score (nSPS) is 22.1. The molecule has 5 nitrogen and oxygen atoms in total. The van der Waals surface area contributed by atoms with E-state index < -0.39 is 17.5 Å². The van der Waals surface area contributed by atoms with Gasteiger partial charge in [0.15, 0.2) is 0 Å². The van der Waals surface area contributed by atoms with E-state index in [4.69, 9.17) is 5.73 Å². The second kappa shape index (κ2) is 8.78. The molecule has 31 heavy (non-hydrogen) atoms. The van der Waals surface area contributed by atoms with Crippen molar-refractivity contribution in [3.8, 4) is 0 Å². The van der Waals surface area contributed by atoms with Gasteiger partial charge >= 0.3 is 5.92 Å². The van der Waals surface area contributed by atoms with Crippen molar-refractivity contribution in [1.82, 2.24) is 10.3 Å². The zero-order valence-electron chi connectivity index (χ0n) is 17.8. The lowest BCUT2D eigenvalue weighted by molar-refractivity contribution is -0.115. The fourth-order valence-corrected chi connectivity index (χ4v) is 5.04. The van der Waals surface area contributed by atoms with Gasteiger partial charge in [-0.2, -0.15) is 8.78 Å². The fourth-order valence-electron chi connectivity index (χ4n) is 3.48. The lowest BCUT2D eigenvalue weighted by atomic mass is 9.79. The third-order valence-corrected chi connectivity index (χ3v) is 6.93. The summed E-state index contributed by atoms with van der Waals surface area (Å²) in [6.07, 6.45) is 9.24. The summed E-state index contributed by atoms with van der Waals surface area (Å²) in [6, 6.07) is 3.84. The van der Waals surface area contributed by atoms with Crippen molar-refractivity contribution < 1.29 is 15.0 Å². The molecule has 166 valence electrons. The molecule has 1 amide bonds. The Balaban J connectivity index is 0.00000363. The summed E-state index contributed by atoms with van der Waals surface area (Å²) < 4.78 is 27.1. The number of hydrogen-bond donors (Lipinski definition) is 2. The highest BCUT2D eigenvalue weighted by atomic mass is 32.2. The van der Waals surface area contributed by atoms with Gasteiger partial charge in [0, 0.05) is 25.3 Å². The number of fused-ring (bicyclic) bond motifs is 1. The molecule has 2 bridgehead atoms. The molecule has 0 saturated heterocycles. The molecule has 2 atom stereocenters. The number of aliphatic imine (C=N–C) groups is 1. The number of aryl methyl sites for hydroxylation is 1. The Kier molecular flexibility index (Phi) is 6.50. The quantitative estimate of drug-likeness (QED) is 0.461. The first-order chi connectivity index (χ1) is 14.6. The molecule has 1 aromatic rings. The first-order valence-electron chi connectivity index (χ1n) is 9.98. The number of carbonyl (C=O) groups excluding carboxylic acids is 1. The van der Waals surface area contributed by atoms with E-state index >= 15 is 0 Å². The Morgan fingerprint density at radius 3 is 2.90 bits per heavy atom. The minimum absolute atomic E-state index is 0. The smallest absolute Gasteiger partial charge is 0.305 e. The minimum atomic E-state index is -3.41. The van der Waals surface area contributed by atoms with Crippen molar-refractivity contribution in [1.29, 1.82) is 0 Å². The molecule has 3 N–H and O–H groups in total. The standard InChI is InChI=1S/C23H26F2N4OS.H2/c1-5-17-10-16(7-8-28-17)22-12-15(13-22)9-19(31-22)14(3)29-21(30)18(27-4)11-20(26)23(24,25)6-2;/h6-12,14H,2,5,13,26H2,1,3-4H3,(H,29,30);1H/b20-11-,27-18?;. The molecule has 0 radical (unpaired) electrons. The Bertz CT molecular complexity index is 1030. The maximum absolute atomic E-state index is 13.6. The second-order valence-electron chi connectivity index (χ2n) is 7.55. The molecule has 0 fully saturated rings. The molecular weight excluding hydrogens is 418 g/mol. The lowest BCUT2D eigenvalue weighted by Gasteiger charge is -2.44. The lowest BCUT2D eigenvalue weighted by Crippen LogP contribution is -2.41. The highest BCUT2D eigenvalue weighted by Crippen LogP contribution is 2.58. The number of rotatable bonds is 8. The molecular formula is C23H28F2N4OS. The summed E-state index contributed by atoms with van der Waals surface area (Å²) >= 11 is 1.69. The molecule has 2 unspecified atom stereocenters. The highest BCUT2D eigenvalue weighted by molar-refractivity contribution is 8.04. The molecule has 0 aromatic carbocycles. The Hall–Kier alpha value is -2.74. The van der Waals surface area contributed by atoms with Gasteiger partial charge in [0.25, 0.3) is 5.91 Å². The van der Waals surface area contributed by atoms with Gasteiger partial charge in [-0.1, -0.05) is 19.6 Å². The third kappa shape index (κ3) is 4.63. The van der Waals surface area contributed by atoms with Crippen LogP contribution in [-0.2, 0) is 16.0 Å². The number of carbonyl (C=O) groups is 1. The van der Waals surface area contributed by atoms with Crippen LogP contribution in [0.2, 0.25) is 0 Å². The maximum atomic E-state index is 13.6. The molecule has 3 aliphatic rings. The predicted molar refractivity (Wildman–Crippen MR) is 124 cm³/mol. The third-order valence-electron chi connectivity index (χ3n) is 5.36. The number of nitrogens with two attached hydrogens (primary N) is 1. The predicted octanol–water partition coefficient (Wildman–Crippen LogP) is 4.29. The van der Waals surface area contributed by atoms with Crippen LogP contribution >= 0.6 is 11.8 Å². The average molecular weight is 447 g/mol. The maximum Gasteiger partial charge on any atom is 0.305 e. The molecule has 0 spiro atoms. The molecule has 1 aliphatic carbocycles. The van der Waals surface area contributed by atoms with Crippen molar-refractivity contribution in [3.63, 3.8) is 0 Å². The first kappa shape index (κ1) is 22.9. The molecule has 0 saturated carbocycles. The van der Waals surface area contributed by atoms with Crippen LogP contribution < -0.4 is 11.1 Å². The van der Waals surface area contributed by atoms with E-state index in [-0.39, 0.29) is 17.9 Å². The van der Waals surface area contributed by atoms with E-state index in [1.165, 1.54) is 18.2 Å². The molecule has 1 aromatic heterocycles. The fraction of sp³-hybridized carbons (Fsp3) is 0.348. The van der Waals surface area contributed by atoms with Gasteiger partial charge in [-0.3, -0.25) is 14.8 Å². The highest BCUT2D eigenvalue weighted by Gasteiger charge is 2.44. The molecule has 4 rings (SSSR count). The van der Waals surface area contributed by atoms with E-state index in [0.717, 1.165) is 29.5 Å².